The summed E-state index contributed by atoms with van der Waals surface area (Å²) >= 11 is 3.23. The summed E-state index contributed by atoms with van der Waals surface area (Å²) in [7, 11) is 0. The van der Waals surface area contributed by atoms with Crippen molar-refractivity contribution in [3.05, 3.63) is 52.3 Å². The average Bonchev–Trinajstić information content (AvgIpc) is 2.59. The molecule has 0 aliphatic rings. The van der Waals surface area contributed by atoms with Gasteiger partial charge in [0.25, 0.3) is 5.91 Å². The van der Waals surface area contributed by atoms with Gasteiger partial charge in [0.1, 0.15) is 5.82 Å². The first-order chi connectivity index (χ1) is 12.0. The molecule has 1 amide bonds. The number of rotatable bonds is 7. The molecule has 3 N–H and O–H groups in total. The number of phenols is 1. The van der Waals surface area contributed by atoms with E-state index in [0.717, 1.165) is 0 Å². The smallest absolute Gasteiger partial charge is 0.259 e. The van der Waals surface area contributed by atoms with Crippen molar-refractivity contribution >= 4 is 33.7 Å². The van der Waals surface area contributed by atoms with Gasteiger partial charge in [-0.3, -0.25) is 4.79 Å². The number of phenolic OH excluding ortho intramolecular Hbond substituents is 1. The Bertz CT molecular complexity index is 766. The molecule has 0 heterocycles. The SMILES string of the molecule is CCOc1cc(/C=N\NC(=O)CNc2ccc(F)cc2)cc(Br)c1O. The maximum absolute atomic E-state index is 12.8. The Morgan fingerprint density at radius 3 is 2.76 bits per heavy atom. The number of ether oxygens (including phenoxy) is 1. The van der Waals surface area contributed by atoms with Crippen LogP contribution in [0.25, 0.3) is 0 Å². The van der Waals surface area contributed by atoms with E-state index in [1.165, 1.54) is 30.5 Å². The number of nitrogens with zero attached hydrogens (tertiary/aromatic N) is 1. The van der Waals surface area contributed by atoms with Crippen LogP contribution in [-0.4, -0.2) is 30.4 Å². The highest BCUT2D eigenvalue weighted by Crippen LogP contribution is 2.34. The molecule has 0 saturated heterocycles. The summed E-state index contributed by atoms with van der Waals surface area (Å²) in [6.07, 6.45) is 1.43. The second-order valence-electron chi connectivity index (χ2n) is 4.94. The van der Waals surface area contributed by atoms with Crippen LogP contribution in [0.3, 0.4) is 0 Å². The molecule has 0 unspecified atom stereocenters. The second-order valence-corrected chi connectivity index (χ2v) is 5.79. The van der Waals surface area contributed by atoms with E-state index in [0.29, 0.717) is 28.1 Å². The van der Waals surface area contributed by atoms with Gasteiger partial charge in [-0.05, 0) is 64.8 Å². The van der Waals surface area contributed by atoms with Gasteiger partial charge >= 0.3 is 0 Å². The number of hydrogen-bond acceptors (Lipinski definition) is 5. The molecular formula is C17H17BrFN3O3. The number of hydrazone groups is 1. The normalized spacial score (nSPS) is 10.7. The molecule has 2 aromatic carbocycles. The zero-order chi connectivity index (χ0) is 18.2. The predicted octanol–water partition coefficient (Wildman–Crippen LogP) is 3.25. The largest absolute Gasteiger partial charge is 0.503 e. The van der Waals surface area contributed by atoms with Crippen molar-refractivity contribution in [2.24, 2.45) is 5.10 Å². The molecule has 2 rings (SSSR count). The third-order valence-corrected chi connectivity index (χ3v) is 3.66. The van der Waals surface area contributed by atoms with E-state index in [4.69, 9.17) is 4.74 Å². The minimum atomic E-state index is -0.358. The molecule has 0 saturated carbocycles. The van der Waals surface area contributed by atoms with Crippen LogP contribution in [0.1, 0.15) is 12.5 Å². The fourth-order valence-electron chi connectivity index (χ4n) is 1.90. The lowest BCUT2D eigenvalue weighted by molar-refractivity contribution is -0.119. The van der Waals surface area contributed by atoms with Crippen LogP contribution in [0.5, 0.6) is 11.5 Å². The van der Waals surface area contributed by atoms with Crippen molar-refractivity contribution in [3.8, 4) is 11.5 Å². The highest BCUT2D eigenvalue weighted by molar-refractivity contribution is 9.10. The van der Waals surface area contributed by atoms with E-state index in [-0.39, 0.29) is 24.0 Å². The van der Waals surface area contributed by atoms with Crippen LogP contribution >= 0.6 is 15.9 Å². The van der Waals surface area contributed by atoms with E-state index in [1.807, 2.05) is 6.92 Å². The van der Waals surface area contributed by atoms with Crippen molar-refractivity contribution in [3.63, 3.8) is 0 Å². The number of amides is 1. The molecule has 0 aliphatic carbocycles. The van der Waals surface area contributed by atoms with Gasteiger partial charge < -0.3 is 15.2 Å². The van der Waals surface area contributed by atoms with Crippen molar-refractivity contribution in [1.82, 2.24) is 5.43 Å². The predicted molar refractivity (Wildman–Crippen MR) is 97.6 cm³/mol. The molecule has 8 heteroatoms. The monoisotopic (exact) mass is 409 g/mol. The third kappa shape index (κ3) is 5.75. The van der Waals surface area contributed by atoms with Gasteiger partial charge in [-0.25, -0.2) is 9.82 Å². The molecule has 0 spiro atoms. The lowest BCUT2D eigenvalue weighted by Gasteiger charge is -2.08. The summed E-state index contributed by atoms with van der Waals surface area (Å²) in [6.45, 7) is 2.21. The van der Waals surface area contributed by atoms with Crippen LogP contribution in [0.15, 0.2) is 46.0 Å². The summed E-state index contributed by atoms with van der Waals surface area (Å²) in [4.78, 5) is 11.7. The molecule has 0 fully saturated rings. The van der Waals surface area contributed by atoms with Gasteiger partial charge in [0.05, 0.1) is 23.8 Å². The van der Waals surface area contributed by atoms with E-state index < -0.39 is 0 Å². The molecule has 0 aromatic heterocycles. The minimum Gasteiger partial charge on any atom is -0.503 e. The van der Waals surface area contributed by atoms with Gasteiger partial charge in [0, 0.05) is 5.69 Å². The van der Waals surface area contributed by atoms with Gasteiger partial charge in [-0.15, -0.1) is 0 Å². The Labute approximate surface area is 152 Å². The number of hydrogen-bond donors (Lipinski definition) is 3. The third-order valence-electron chi connectivity index (χ3n) is 3.05. The summed E-state index contributed by atoms with van der Waals surface area (Å²) in [6, 6.07) is 8.93. The van der Waals surface area contributed by atoms with E-state index >= 15 is 0 Å². The molecule has 132 valence electrons. The van der Waals surface area contributed by atoms with Crippen molar-refractivity contribution in [1.29, 1.82) is 0 Å². The number of carbonyl (C=O) groups excluding carboxylic acids is 1. The molecule has 25 heavy (non-hydrogen) atoms. The van der Waals surface area contributed by atoms with Crippen LogP contribution < -0.4 is 15.5 Å². The summed E-state index contributed by atoms with van der Waals surface area (Å²) < 4.78 is 18.6. The maximum atomic E-state index is 12.8. The molecule has 0 radical (unpaired) electrons. The summed E-state index contributed by atoms with van der Waals surface area (Å²) in [5, 5.41) is 16.6. The van der Waals surface area contributed by atoms with Crippen LogP contribution in [-0.2, 0) is 4.79 Å². The van der Waals surface area contributed by atoms with Gasteiger partial charge in [0.15, 0.2) is 11.5 Å². The minimum absolute atomic E-state index is 0.00605. The Morgan fingerprint density at radius 2 is 2.08 bits per heavy atom. The molecule has 0 atom stereocenters. The highest BCUT2D eigenvalue weighted by Gasteiger charge is 2.08. The summed E-state index contributed by atoms with van der Waals surface area (Å²) in [5.74, 6) is -0.372. The first-order valence-corrected chi connectivity index (χ1v) is 8.25. The summed E-state index contributed by atoms with van der Waals surface area (Å²) in [5.41, 5.74) is 3.64. The number of anilines is 1. The first kappa shape index (κ1) is 18.7. The second kappa shape index (κ2) is 9.03. The number of aromatic hydroxyl groups is 1. The topological polar surface area (TPSA) is 83.0 Å². The Balaban J connectivity index is 1.89. The highest BCUT2D eigenvalue weighted by atomic mass is 79.9. The molecule has 2 aromatic rings. The molecule has 6 nitrogen and oxygen atoms in total. The fraction of sp³-hybridized carbons (Fsp3) is 0.176. The van der Waals surface area contributed by atoms with Crippen molar-refractivity contribution in [2.75, 3.05) is 18.5 Å². The number of benzene rings is 2. The molecular weight excluding hydrogens is 393 g/mol. The van der Waals surface area contributed by atoms with Gasteiger partial charge in [0.2, 0.25) is 0 Å². The van der Waals surface area contributed by atoms with Crippen molar-refractivity contribution < 1.29 is 19.0 Å². The Hall–Kier alpha value is -2.61. The lowest BCUT2D eigenvalue weighted by Crippen LogP contribution is -2.25. The number of nitrogens with one attached hydrogen (secondary N) is 2. The first-order valence-electron chi connectivity index (χ1n) is 7.46. The van der Waals surface area contributed by atoms with Crippen molar-refractivity contribution in [2.45, 2.75) is 6.92 Å². The van der Waals surface area contributed by atoms with E-state index in [2.05, 4.69) is 31.8 Å². The molecule has 0 aliphatic heterocycles. The maximum Gasteiger partial charge on any atom is 0.259 e. The van der Waals surface area contributed by atoms with Crippen LogP contribution in [0, 0.1) is 5.82 Å². The fourth-order valence-corrected chi connectivity index (χ4v) is 2.36. The molecule has 0 bridgehead atoms. The average molecular weight is 410 g/mol. The van der Waals surface area contributed by atoms with Gasteiger partial charge in [-0.2, -0.15) is 5.10 Å². The Morgan fingerprint density at radius 1 is 1.36 bits per heavy atom. The van der Waals surface area contributed by atoms with E-state index in [9.17, 15) is 14.3 Å². The quantitative estimate of drug-likeness (QED) is 0.484. The van der Waals surface area contributed by atoms with Crippen LogP contribution in [0.2, 0.25) is 0 Å². The zero-order valence-corrected chi connectivity index (χ0v) is 15.0. The standard InChI is InChI=1S/C17H17BrFN3O3/c1-2-25-15-8-11(7-14(18)17(15)24)9-21-22-16(23)10-20-13-5-3-12(19)4-6-13/h3-9,20,24H,2,10H2,1H3,(H,22,23)/b21-9-. The zero-order valence-electron chi connectivity index (χ0n) is 13.4. The van der Waals surface area contributed by atoms with E-state index in [1.54, 1.807) is 12.1 Å². The lowest BCUT2D eigenvalue weighted by atomic mass is 10.2. The Kier molecular flexibility index (Phi) is 6.76. The van der Waals surface area contributed by atoms with Crippen LogP contribution in [0.4, 0.5) is 10.1 Å². The number of carbonyl (C=O) groups is 1. The number of halogens is 2. The van der Waals surface area contributed by atoms with Gasteiger partial charge in [-0.1, -0.05) is 0 Å².